The fraction of sp³-hybridized carbons (Fsp3) is 0.429. The van der Waals surface area contributed by atoms with Gasteiger partial charge in [-0.2, -0.15) is 0 Å². The lowest BCUT2D eigenvalue weighted by Gasteiger charge is -2.37. The molecule has 0 radical (unpaired) electrons. The third-order valence-electron chi connectivity index (χ3n) is 3.68. The van der Waals surface area contributed by atoms with Crippen molar-refractivity contribution in [3.8, 4) is 11.4 Å². The van der Waals surface area contributed by atoms with Gasteiger partial charge in [0.1, 0.15) is 0 Å². The van der Waals surface area contributed by atoms with Gasteiger partial charge in [0.05, 0.1) is 11.4 Å². The van der Waals surface area contributed by atoms with Gasteiger partial charge in [0.2, 0.25) is 0 Å². The smallest absolute Gasteiger partial charge is 0.323 e. The van der Waals surface area contributed by atoms with E-state index in [4.69, 9.17) is 0 Å². The predicted octanol–water partition coefficient (Wildman–Crippen LogP) is 2.31. The van der Waals surface area contributed by atoms with E-state index in [0.29, 0.717) is 5.13 Å². The van der Waals surface area contributed by atoms with Gasteiger partial charge in [-0.05, 0) is 26.1 Å². The molecule has 21 heavy (non-hydrogen) atoms. The standard InChI is InChI=1S/C14H19N5OS/c1-10-8-18(2)6-7-19(10)14(20)17-13-16-12(9-21-13)11-4-3-5-15-11/h3-5,9-10,15H,6-8H2,1-2H3,(H,16,17,20). The molecule has 1 unspecified atom stereocenters. The second kappa shape index (κ2) is 5.87. The van der Waals surface area contributed by atoms with E-state index in [9.17, 15) is 4.79 Å². The molecule has 1 aliphatic heterocycles. The van der Waals surface area contributed by atoms with Gasteiger partial charge in [0, 0.05) is 37.3 Å². The molecular weight excluding hydrogens is 286 g/mol. The van der Waals surface area contributed by atoms with Crippen molar-refractivity contribution in [2.75, 3.05) is 32.0 Å². The van der Waals surface area contributed by atoms with Crippen molar-refractivity contribution >= 4 is 22.5 Å². The Kier molecular flexibility index (Phi) is 3.94. The Morgan fingerprint density at radius 2 is 2.38 bits per heavy atom. The number of thiazole rings is 1. The second-order valence-corrected chi connectivity index (χ2v) is 6.21. The number of piperazine rings is 1. The Morgan fingerprint density at radius 1 is 1.52 bits per heavy atom. The Hall–Kier alpha value is -1.86. The first kappa shape index (κ1) is 14.1. The lowest BCUT2D eigenvalue weighted by atomic mass is 10.2. The van der Waals surface area contributed by atoms with Gasteiger partial charge in [-0.3, -0.25) is 5.32 Å². The molecule has 2 amide bonds. The van der Waals surface area contributed by atoms with E-state index in [0.717, 1.165) is 31.0 Å². The van der Waals surface area contributed by atoms with Crippen molar-refractivity contribution in [1.82, 2.24) is 19.8 Å². The third kappa shape index (κ3) is 3.08. The van der Waals surface area contributed by atoms with Crippen LogP contribution >= 0.6 is 11.3 Å². The number of urea groups is 1. The molecule has 1 saturated heterocycles. The first-order chi connectivity index (χ1) is 10.1. The van der Waals surface area contributed by atoms with E-state index in [2.05, 4.69) is 34.2 Å². The number of H-pyrrole nitrogens is 1. The second-order valence-electron chi connectivity index (χ2n) is 5.36. The van der Waals surface area contributed by atoms with Crippen LogP contribution in [0.3, 0.4) is 0 Å². The van der Waals surface area contributed by atoms with Crippen molar-refractivity contribution in [2.45, 2.75) is 13.0 Å². The highest BCUT2D eigenvalue weighted by molar-refractivity contribution is 7.14. The third-order valence-corrected chi connectivity index (χ3v) is 4.44. The number of nitrogens with one attached hydrogen (secondary N) is 2. The lowest BCUT2D eigenvalue weighted by molar-refractivity contribution is 0.125. The molecule has 0 spiro atoms. The summed E-state index contributed by atoms with van der Waals surface area (Å²) >= 11 is 1.44. The highest BCUT2D eigenvalue weighted by atomic mass is 32.1. The SMILES string of the molecule is CC1CN(C)CCN1C(=O)Nc1nc(-c2ccc[nH]2)cs1. The topological polar surface area (TPSA) is 64.3 Å². The Bertz CT molecular complexity index is 609. The first-order valence-corrected chi connectivity index (χ1v) is 7.87. The van der Waals surface area contributed by atoms with Crippen LogP contribution in [0, 0.1) is 0 Å². The number of carbonyl (C=O) groups excluding carboxylic acids is 1. The summed E-state index contributed by atoms with van der Waals surface area (Å²) in [6.07, 6.45) is 1.86. The van der Waals surface area contributed by atoms with E-state index >= 15 is 0 Å². The van der Waals surface area contributed by atoms with Crippen LogP contribution in [0.5, 0.6) is 0 Å². The van der Waals surface area contributed by atoms with Crippen molar-refractivity contribution in [3.05, 3.63) is 23.7 Å². The predicted molar refractivity (Wildman–Crippen MR) is 84.6 cm³/mol. The first-order valence-electron chi connectivity index (χ1n) is 6.99. The minimum Gasteiger partial charge on any atom is -0.360 e. The Morgan fingerprint density at radius 3 is 3.10 bits per heavy atom. The fourth-order valence-electron chi connectivity index (χ4n) is 2.55. The summed E-state index contributed by atoms with van der Waals surface area (Å²) < 4.78 is 0. The number of hydrogen-bond donors (Lipinski definition) is 2. The van der Waals surface area contributed by atoms with E-state index in [1.807, 2.05) is 28.6 Å². The van der Waals surface area contributed by atoms with Gasteiger partial charge in [0.25, 0.3) is 0 Å². The van der Waals surface area contributed by atoms with Gasteiger partial charge < -0.3 is 14.8 Å². The zero-order valence-corrected chi connectivity index (χ0v) is 13.0. The van der Waals surface area contributed by atoms with E-state index in [1.54, 1.807) is 0 Å². The molecule has 0 saturated carbocycles. The van der Waals surface area contributed by atoms with Crippen LogP contribution in [-0.2, 0) is 0 Å². The van der Waals surface area contributed by atoms with Crippen LogP contribution in [0.4, 0.5) is 9.93 Å². The summed E-state index contributed by atoms with van der Waals surface area (Å²) in [6.45, 7) is 4.63. The average molecular weight is 305 g/mol. The molecule has 0 aromatic carbocycles. The number of rotatable bonds is 2. The van der Waals surface area contributed by atoms with Crippen LogP contribution in [0.25, 0.3) is 11.4 Å². The van der Waals surface area contributed by atoms with Crippen LogP contribution in [0.1, 0.15) is 6.92 Å². The van der Waals surface area contributed by atoms with Gasteiger partial charge in [-0.25, -0.2) is 9.78 Å². The Balaban J connectivity index is 1.65. The number of aromatic nitrogens is 2. The Labute approximate surface area is 127 Å². The van der Waals surface area contributed by atoms with Crippen molar-refractivity contribution in [2.24, 2.45) is 0 Å². The van der Waals surface area contributed by atoms with Crippen LogP contribution in [0.2, 0.25) is 0 Å². The van der Waals surface area contributed by atoms with Gasteiger partial charge in [0.15, 0.2) is 5.13 Å². The number of amides is 2. The summed E-state index contributed by atoms with van der Waals surface area (Å²) in [6, 6.07) is 4.04. The number of nitrogens with zero attached hydrogens (tertiary/aromatic N) is 3. The van der Waals surface area contributed by atoms with Gasteiger partial charge in [-0.1, -0.05) is 0 Å². The quantitative estimate of drug-likeness (QED) is 0.895. The number of hydrogen-bond acceptors (Lipinski definition) is 4. The maximum Gasteiger partial charge on any atom is 0.323 e. The highest BCUT2D eigenvalue weighted by Gasteiger charge is 2.26. The average Bonchev–Trinajstić information content (AvgIpc) is 3.08. The summed E-state index contributed by atoms with van der Waals surface area (Å²) in [5.41, 5.74) is 1.81. The van der Waals surface area contributed by atoms with E-state index in [1.165, 1.54) is 11.3 Å². The molecule has 1 atom stereocenters. The van der Waals surface area contributed by atoms with Crippen molar-refractivity contribution in [1.29, 1.82) is 0 Å². The largest absolute Gasteiger partial charge is 0.360 e. The molecule has 2 aromatic rings. The molecular formula is C14H19N5OS. The molecule has 0 aliphatic carbocycles. The molecule has 0 bridgehead atoms. The monoisotopic (exact) mass is 305 g/mol. The van der Waals surface area contributed by atoms with Gasteiger partial charge >= 0.3 is 6.03 Å². The van der Waals surface area contributed by atoms with E-state index in [-0.39, 0.29) is 12.1 Å². The maximum atomic E-state index is 12.3. The van der Waals surface area contributed by atoms with Crippen LogP contribution in [-0.4, -0.2) is 58.5 Å². The molecule has 3 rings (SSSR count). The summed E-state index contributed by atoms with van der Waals surface area (Å²) in [4.78, 5) is 24.0. The number of aromatic amines is 1. The van der Waals surface area contributed by atoms with Gasteiger partial charge in [-0.15, -0.1) is 11.3 Å². The van der Waals surface area contributed by atoms with Crippen molar-refractivity contribution < 1.29 is 4.79 Å². The summed E-state index contributed by atoms with van der Waals surface area (Å²) in [5.74, 6) is 0. The zero-order chi connectivity index (χ0) is 14.8. The zero-order valence-electron chi connectivity index (χ0n) is 12.2. The van der Waals surface area contributed by atoms with Crippen LogP contribution in [0.15, 0.2) is 23.7 Å². The molecule has 2 aromatic heterocycles. The van der Waals surface area contributed by atoms with Crippen LogP contribution < -0.4 is 5.32 Å². The molecule has 2 N–H and O–H groups in total. The number of carbonyl (C=O) groups is 1. The molecule has 1 aliphatic rings. The molecule has 112 valence electrons. The normalized spacial score (nSPS) is 19.7. The molecule has 1 fully saturated rings. The van der Waals surface area contributed by atoms with E-state index < -0.39 is 0 Å². The molecule has 6 nitrogen and oxygen atoms in total. The molecule has 3 heterocycles. The lowest BCUT2D eigenvalue weighted by Crippen LogP contribution is -2.53. The fourth-order valence-corrected chi connectivity index (χ4v) is 3.25. The number of anilines is 1. The summed E-state index contributed by atoms with van der Waals surface area (Å²) in [5, 5.41) is 5.48. The van der Waals surface area contributed by atoms with Crippen molar-refractivity contribution in [3.63, 3.8) is 0 Å². The minimum atomic E-state index is -0.0667. The highest BCUT2D eigenvalue weighted by Crippen LogP contribution is 2.24. The minimum absolute atomic E-state index is 0.0667. The summed E-state index contributed by atoms with van der Waals surface area (Å²) in [7, 11) is 2.08. The maximum absolute atomic E-state index is 12.3. The number of likely N-dealkylation sites (N-methyl/N-ethyl adjacent to an activating group) is 1. The molecule has 7 heteroatoms.